The largest absolute Gasteiger partial charge is 0.493 e. The number of rotatable bonds is 3. The van der Waals surface area contributed by atoms with E-state index < -0.39 is 0 Å². The summed E-state index contributed by atoms with van der Waals surface area (Å²) in [5, 5.41) is 0. The molecule has 2 aromatic carbocycles. The lowest BCUT2D eigenvalue weighted by Gasteiger charge is -2.09. The molecular formula is C16H15NO3. The number of aromatic nitrogens is 1. The lowest BCUT2D eigenvalue weighted by Crippen LogP contribution is -1.93. The maximum atomic E-state index is 5.80. The lowest BCUT2D eigenvalue weighted by atomic mass is 10.2. The van der Waals surface area contributed by atoms with Crippen molar-refractivity contribution in [3.05, 3.63) is 42.0 Å². The highest BCUT2D eigenvalue weighted by molar-refractivity contribution is 5.79. The highest BCUT2D eigenvalue weighted by Gasteiger charge is 2.16. The summed E-state index contributed by atoms with van der Waals surface area (Å²) in [5.41, 5.74) is 3.52. The van der Waals surface area contributed by atoms with E-state index in [4.69, 9.17) is 13.9 Å². The van der Waals surface area contributed by atoms with Crippen molar-refractivity contribution in [2.24, 2.45) is 0 Å². The number of nitrogens with zero attached hydrogens (tertiary/aromatic N) is 1. The molecule has 0 saturated heterocycles. The summed E-state index contributed by atoms with van der Waals surface area (Å²) in [6.45, 7) is 2.03. The second-order valence-corrected chi connectivity index (χ2v) is 4.53. The normalized spacial score (nSPS) is 10.8. The molecule has 3 rings (SSSR count). The van der Waals surface area contributed by atoms with E-state index in [1.54, 1.807) is 14.2 Å². The van der Waals surface area contributed by atoms with Crippen molar-refractivity contribution in [1.29, 1.82) is 0 Å². The van der Waals surface area contributed by atoms with Crippen molar-refractivity contribution in [3.63, 3.8) is 0 Å². The van der Waals surface area contributed by atoms with Gasteiger partial charge >= 0.3 is 0 Å². The molecule has 0 fully saturated rings. The van der Waals surface area contributed by atoms with Gasteiger partial charge in [0, 0.05) is 0 Å². The van der Waals surface area contributed by atoms with Gasteiger partial charge in [0.15, 0.2) is 17.1 Å². The maximum Gasteiger partial charge on any atom is 0.231 e. The van der Waals surface area contributed by atoms with Gasteiger partial charge in [-0.05, 0) is 36.8 Å². The van der Waals surface area contributed by atoms with E-state index >= 15 is 0 Å². The summed E-state index contributed by atoms with van der Waals surface area (Å²) < 4.78 is 16.5. The van der Waals surface area contributed by atoms with Crippen LogP contribution >= 0.6 is 0 Å². The van der Waals surface area contributed by atoms with E-state index in [1.165, 1.54) is 0 Å². The molecule has 102 valence electrons. The van der Waals surface area contributed by atoms with Gasteiger partial charge in [0.05, 0.1) is 19.8 Å². The fourth-order valence-corrected chi connectivity index (χ4v) is 2.21. The van der Waals surface area contributed by atoms with Gasteiger partial charge in [0.2, 0.25) is 5.89 Å². The summed E-state index contributed by atoms with van der Waals surface area (Å²) in [6, 6.07) is 11.5. The van der Waals surface area contributed by atoms with E-state index in [0.29, 0.717) is 17.4 Å². The summed E-state index contributed by atoms with van der Waals surface area (Å²) >= 11 is 0. The molecular weight excluding hydrogens is 254 g/mol. The van der Waals surface area contributed by atoms with Gasteiger partial charge in [0.1, 0.15) is 5.52 Å². The van der Waals surface area contributed by atoms with Crippen molar-refractivity contribution < 1.29 is 13.9 Å². The summed E-state index contributed by atoms with van der Waals surface area (Å²) in [7, 11) is 3.21. The number of benzene rings is 2. The van der Waals surface area contributed by atoms with Crippen LogP contribution in [-0.2, 0) is 0 Å². The first-order valence-corrected chi connectivity index (χ1v) is 6.31. The van der Waals surface area contributed by atoms with Gasteiger partial charge in [0.25, 0.3) is 0 Å². The molecule has 0 saturated carbocycles. The number of hydrogen-bond acceptors (Lipinski definition) is 4. The summed E-state index contributed by atoms with van der Waals surface area (Å²) in [5.74, 6) is 1.81. The fraction of sp³-hybridized carbons (Fsp3) is 0.188. The summed E-state index contributed by atoms with van der Waals surface area (Å²) in [4.78, 5) is 4.53. The Morgan fingerprint density at radius 1 is 1.05 bits per heavy atom. The number of para-hydroxylation sites is 1. The van der Waals surface area contributed by atoms with Crippen LogP contribution in [0.5, 0.6) is 11.5 Å². The lowest BCUT2D eigenvalue weighted by molar-refractivity contribution is 0.355. The number of hydrogen-bond donors (Lipinski definition) is 0. The average Bonchev–Trinajstić information content (AvgIpc) is 2.88. The third-order valence-corrected chi connectivity index (χ3v) is 3.18. The van der Waals surface area contributed by atoms with E-state index in [9.17, 15) is 0 Å². The number of ether oxygens (including phenoxy) is 2. The minimum Gasteiger partial charge on any atom is -0.493 e. The summed E-state index contributed by atoms with van der Waals surface area (Å²) in [6.07, 6.45) is 0. The Hall–Kier alpha value is -2.49. The molecule has 20 heavy (non-hydrogen) atoms. The van der Waals surface area contributed by atoms with Gasteiger partial charge in [-0.1, -0.05) is 12.1 Å². The zero-order valence-electron chi connectivity index (χ0n) is 11.6. The van der Waals surface area contributed by atoms with Gasteiger partial charge in [-0.15, -0.1) is 0 Å². The minimum absolute atomic E-state index is 0.529. The molecule has 0 amide bonds. The molecule has 1 aromatic heterocycles. The highest BCUT2D eigenvalue weighted by Crippen LogP contribution is 2.38. The predicted molar refractivity (Wildman–Crippen MR) is 77.3 cm³/mol. The second kappa shape index (κ2) is 4.89. The third-order valence-electron chi connectivity index (χ3n) is 3.18. The van der Waals surface area contributed by atoms with Crippen molar-refractivity contribution in [2.75, 3.05) is 14.2 Å². The Bertz CT molecular complexity index is 762. The zero-order chi connectivity index (χ0) is 14.1. The number of oxazole rings is 1. The smallest absolute Gasteiger partial charge is 0.231 e. The van der Waals surface area contributed by atoms with Gasteiger partial charge in [-0.2, -0.15) is 0 Å². The molecule has 4 nitrogen and oxygen atoms in total. The van der Waals surface area contributed by atoms with Crippen molar-refractivity contribution in [3.8, 4) is 23.0 Å². The van der Waals surface area contributed by atoms with Crippen LogP contribution in [0.4, 0.5) is 0 Å². The number of methoxy groups -OCH3 is 2. The third kappa shape index (κ3) is 1.99. The van der Waals surface area contributed by atoms with Gasteiger partial charge in [-0.3, -0.25) is 0 Å². The quantitative estimate of drug-likeness (QED) is 0.725. The molecule has 0 radical (unpaired) electrons. The van der Waals surface area contributed by atoms with Crippen molar-refractivity contribution in [2.45, 2.75) is 6.92 Å². The SMILES string of the molecule is COc1cccc(-c2nc3cc(C)ccc3o2)c1OC. The van der Waals surface area contributed by atoms with E-state index in [2.05, 4.69) is 4.98 Å². The molecule has 1 heterocycles. The Morgan fingerprint density at radius 2 is 1.90 bits per heavy atom. The topological polar surface area (TPSA) is 44.5 Å². The first-order chi connectivity index (χ1) is 9.72. The number of aryl methyl sites for hydroxylation is 1. The first kappa shape index (κ1) is 12.5. The van der Waals surface area contributed by atoms with Crippen molar-refractivity contribution >= 4 is 11.1 Å². The minimum atomic E-state index is 0.529. The highest BCUT2D eigenvalue weighted by atomic mass is 16.5. The Morgan fingerprint density at radius 3 is 2.65 bits per heavy atom. The van der Waals surface area contributed by atoms with Crippen LogP contribution in [0, 0.1) is 6.92 Å². The Labute approximate surface area is 117 Å². The molecule has 0 aliphatic heterocycles. The predicted octanol–water partition coefficient (Wildman–Crippen LogP) is 3.82. The van der Waals surface area contributed by atoms with Gasteiger partial charge < -0.3 is 13.9 Å². The van der Waals surface area contributed by atoms with Gasteiger partial charge in [-0.25, -0.2) is 4.98 Å². The van der Waals surface area contributed by atoms with E-state index in [1.807, 2.05) is 43.3 Å². The van der Waals surface area contributed by atoms with Crippen LogP contribution in [-0.4, -0.2) is 19.2 Å². The fourth-order valence-electron chi connectivity index (χ4n) is 2.21. The average molecular weight is 269 g/mol. The van der Waals surface area contributed by atoms with Crippen LogP contribution < -0.4 is 9.47 Å². The van der Waals surface area contributed by atoms with Crippen LogP contribution in [0.1, 0.15) is 5.56 Å². The molecule has 0 bridgehead atoms. The Balaban J connectivity index is 2.20. The molecule has 0 N–H and O–H groups in total. The molecule has 0 atom stereocenters. The monoisotopic (exact) mass is 269 g/mol. The standard InChI is InChI=1S/C16H15NO3/c1-10-7-8-13-12(9-10)17-16(20-13)11-5-4-6-14(18-2)15(11)19-3/h4-9H,1-3H3. The van der Waals surface area contributed by atoms with Crippen LogP contribution in [0.15, 0.2) is 40.8 Å². The first-order valence-electron chi connectivity index (χ1n) is 6.31. The molecule has 0 aliphatic carbocycles. The maximum absolute atomic E-state index is 5.80. The second-order valence-electron chi connectivity index (χ2n) is 4.53. The van der Waals surface area contributed by atoms with E-state index in [0.717, 1.165) is 22.2 Å². The number of fused-ring (bicyclic) bond motifs is 1. The molecule has 4 heteroatoms. The molecule has 3 aromatic rings. The Kier molecular flexibility index (Phi) is 3.06. The van der Waals surface area contributed by atoms with E-state index in [-0.39, 0.29) is 0 Å². The zero-order valence-corrected chi connectivity index (χ0v) is 11.6. The van der Waals surface area contributed by atoms with Crippen molar-refractivity contribution in [1.82, 2.24) is 4.98 Å². The van der Waals surface area contributed by atoms with Crippen LogP contribution in [0.25, 0.3) is 22.6 Å². The van der Waals surface area contributed by atoms with Crippen LogP contribution in [0.2, 0.25) is 0 Å². The molecule has 0 spiro atoms. The molecule has 0 aliphatic rings. The molecule has 0 unspecified atom stereocenters. The van der Waals surface area contributed by atoms with Crippen LogP contribution in [0.3, 0.4) is 0 Å².